The summed E-state index contributed by atoms with van der Waals surface area (Å²) in [7, 11) is -10.4. The third-order valence-electron chi connectivity index (χ3n) is 5.33. The van der Waals surface area contributed by atoms with E-state index in [0.717, 1.165) is 11.6 Å². The van der Waals surface area contributed by atoms with Gasteiger partial charge in [-0.05, 0) is 53.1 Å². The monoisotopic (exact) mass is 638 g/mol. The molecule has 0 bridgehead atoms. The van der Waals surface area contributed by atoms with E-state index in [1.54, 1.807) is 24.3 Å². The van der Waals surface area contributed by atoms with Crippen LogP contribution in [0.1, 0.15) is 5.56 Å². The van der Waals surface area contributed by atoms with E-state index in [9.17, 15) is 40.1 Å². The average molecular weight is 639 g/mol. The molecule has 0 radical (unpaired) electrons. The van der Waals surface area contributed by atoms with Crippen molar-refractivity contribution in [3.63, 3.8) is 0 Å². The Morgan fingerprint density at radius 3 is 1.83 bits per heavy atom. The molecular formula is C22H16ClFN8O8S2. The van der Waals surface area contributed by atoms with E-state index in [4.69, 9.17) is 11.6 Å². The second-order valence-corrected chi connectivity index (χ2v) is 11.4. The maximum atomic E-state index is 14.2. The molecule has 4 aromatic rings. The van der Waals surface area contributed by atoms with E-state index < -0.39 is 64.3 Å². The highest BCUT2D eigenvalue weighted by Gasteiger charge is 2.26. The molecule has 0 saturated heterocycles. The number of benzene rings is 3. The van der Waals surface area contributed by atoms with E-state index in [0.29, 0.717) is 23.9 Å². The molecule has 0 aliphatic carbocycles. The number of halogens is 2. The summed E-state index contributed by atoms with van der Waals surface area (Å²) < 4.78 is 82.5. The van der Waals surface area contributed by atoms with Crippen LogP contribution in [-0.4, -0.2) is 40.9 Å². The van der Waals surface area contributed by atoms with Crippen LogP contribution in [0.4, 0.5) is 50.4 Å². The lowest BCUT2D eigenvalue weighted by Gasteiger charge is -2.17. The van der Waals surface area contributed by atoms with Gasteiger partial charge in [-0.25, -0.2) is 4.39 Å². The summed E-state index contributed by atoms with van der Waals surface area (Å²) in [5, 5.41) is 12.3. The number of nitrogens with zero attached hydrogens (tertiary/aromatic N) is 5. The molecule has 0 saturated carbocycles. The molecule has 0 amide bonds. The van der Waals surface area contributed by atoms with Crippen molar-refractivity contribution in [2.24, 2.45) is 10.4 Å². The average Bonchev–Trinajstić information content (AvgIpc) is 2.88. The molecule has 4 rings (SSSR count). The van der Waals surface area contributed by atoms with Crippen LogP contribution in [0.2, 0.25) is 5.28 Å². The molecule has 0 aliphatic rings. The highest BCUT2D eigenvalue weighted by molar-refractivity contribution is 7.86. The SMILES string of the molecule is Cc1ccc(Nc2nc(Cl)nc(Nc3cc(Nc4cc(F)c(N=O)cc4N=O)c(S(=O)(=O)O)cc3S(=O)(=O)O)n2)cc1. The molecule has 3 aromatic carbocycles. The van der Waals surface area contributed by atoms with E-state index in [1.807, 2.05) is 6.92 Å². The quantitative estimate of drug-likeness (QED) is 0.106. The minimum Gasteiger partial charge on any atom is -0.352 e. The van der Waals surface area contributed by atoms with E-state index in [2.05, 4.69) is 41.3 Å². The predicted molar refractivity (Wildman–Crippen MR) is 149 cm³/mol. The standard InChI is InChI=1S/C22H16ClFN8O8S2/c1-10-2-4-11(5-3-10)25-21-28-20(23)29-22(30-21)27-17-8-16(18(41(35,36)37)9-19(17)42(38,39)40)26-14-6-12(24)13(31-33)7-15(14)32-34/h2-9,26H,1H3,(H,35,36,37)(H,38,39,40)(H2,25,27,28,29,30). The number of nitroso groups, excluding NO2 is 2. The number of rotatable bonds is 10. The Bertz CT molecular complexity index is 1950. The highest BCUT2D eigenvalue weighted by Crippen LogP contribution is 2.39. The second kappa shape index (κ2) is 11.7. The van der Waals surface area contributed by atoms with Crippen molar-refractivity contribution in [2.45, 2.75) is 16.7 Å². The zero-order valence-corrected chi connectivity index (χ0v) is 23.2. The Kier molecular flexibility index (Phi) is 8.40. The molecule has 218 valence electrons. The molecule has 16 nitrogen and oxygen atoms in total. The van der Waals surface area contributed by atoms with Crippen LogP contribution in [0.15, 0.2) is 68.7 Å². The lowest BCUT2D eigenvalue weighted by molar-refractivity contribution is 0.482. The minimum atomic E-state index is -5.23. The summed E-state index contributed by atoms with van der Waals surface area (Å²) in [4.78, 5) is 31.7. The smallest absolute Gasteiger partial charge is 0.296 e. The van der Waals surface area contributed by atoms with Gasteiger partial charge in [0.15, 0.2) is 5.82 Å². The number of hydrogen-bond acceptors (Lipinski definition) is 14. The van der Waals surface area contributed by atoms with Gasteiger partial charge in [0.1, 0.15) is 21.2 Å². The van der Waals surface area contributed by atoms with Gasteiger partial charge in [-0.2, -0.15) is 31.8 Å². The summed E-state index contributed by atoms with van der Waals surface area (Å²) in [5.74, 6) is -1.71. The minimum absolute atomic E-state index is 0.0938. The van der Waals surface area contributed by atoms with Crippen LogP contribution in [0, 0.1) is 22.6 Å². The van der Waals surface area contributed by atoms with Crippen molar-refractivity contribution in [3.05, 3.63) is 75.0 Å². The summed E-state index contributed by atoms with van der Waals surface area (Å²) in [6.45, 7) is 1.87. The van der Waals surface area contributed by atoms with Crippen molar-refractivity contribution >= 4 is 77.9 Å². The Hall–Kier alpha value is -4.69. The first kappa shape index (κ1) is 30.3. The Labute approximate surface area is 240 Å². The van der Waals surface area contributed by atoms with Crippen LogP contribution in [0.25, 0.3) is 0 Å². The molecule has 1 heterocycles. The normalized spacial score (nSPS) is 11.5. The fourth-order valence-corrected chi connectivity index (χ4v) is 5.02. The molecule has 5 N–H and O–H groups in total. The summed E-state index contributed by atoms with van der Waals surface area (Å²) in [5.41, 5.74) is -1.56. The van der Waals surface area contributed by atoms with Crippen molar-refractivity contribution < 1.29 is 30.3 Å². The van der Waals surface area contributed by atoms with Crippen LogP contribution in [-0.2, 0) is 20.2 Å². The molecular weight excluding hydrogens is 623 g/mol. The van der Waals surface area contributed by atoms with Crippen LogP contribution in [0.3, 0.4) is 0 Å². The summed E-state index contributed by atoms with van der Waals surface area (Å²) >= 11 is 5.99. The Balaban J connectivity index is 1.84. The number of aromatic nitrogens is 3. The van der Waals surface area contributed by atoms with Gasteiger partial charge in [-0.1, -0.05) is 17.7 Å². The number of nitrogens with one attached hydrogen (secondary N) is 3. The summed E-state index contributed by atoms with van der Waals surface area (Å²) in [6.07, 6.45) is 0. The maximum Gasteiger partial charge on any atom is 0.296 e. The number of anilines is 6. The van der Waals surface area contributed by atoms with Gasteiger partial charge < -0.3 is 16.0 Å². The van der Waals surface area contributed by atoms with Gasteiger partial charge in [-0.3, -0.25) is 9.11 Å². The molecule has 1 aromatic heterocycles. The maximum absolute atomic E-state index is 14.2. The Morgan fingerprint density at radius 1 is 0.738 bits per heavy atom. The van der Waals surface area contributed by atoms with Crippen LogP contribution in [0.5, 0.6) is 0 Å². The summed E-state index contributed by atoms with van der Waals surface area (Å²) in [6, 6.07) is 9.40. The zero-order valence-electron chi connectivity index (χ0n) is 20.8. The van der Waals surface area contributed by atoms with Gasteiger partial charge in [0, 0.05) is 17.8 Å². The van der Waals surface area contributed by atoms with Gasteiger partial charge in [0.2, 0.25) is 17.2 Å². The predicted octanol–water partition coefficient (Wildman–Crippen LogP) is 5.49. The fraction of sp³-hybridized carbons (Fsp3) is 0.0455. The zero-order chi connectivity index (χ0) is 30.8. The van der Waals surface area contributed by atoms with Crippen LogP contribution >= 0.6 is 11.6 Å². The van der Waals surface area contributed by atoms with Crippen molar-refractivity contribution in [1.82, 2.24) is 15.0 Å². The highest BCUT2D eigenvalue weighted by atomic mass is 35.5. The molecule has 20 heteroatoms. The van der Waals surface area contributed by atoms with Crippen molar-refractivity contribution in [1.29, 1.82) is 0 Å². The first-order valence-electron chi connectivity index (χ1n) is 11.1. The molecule has 0 atom stereocenters. The van der Waals surface area contributed by atoms with Gasteiger partial charge >= 0.3 is 0 Å². The number of aryl methyl sites for hydroxylation is 1. The molecule has 0 unspecified atom stereocenters. The Morgan fingerprint density at radius 2 is 1.29 bits per heavy atom. The molecule has 0 aliphatic heterocycles. The van der Waals surface area contributed by atoms with E-state index in [-0.39, 0.29) is 17.2 Å². The third-order valence-corrected chi connectivity index (χ3v) is 7.29. The van der Waals surface area contributed by atoms with Gasteiger partial charge in [-0.15, -0.1) is 9.81 Å². The molecule has 0 spiro atoms. The van der Waals surface area contributed by atoms with E-state index in [1.165, 1.54) is 0 Å². The first-order valence-corrected chi connectivity index (χ1v) is 14.4. The largest absolute Gasteiger partial charge is 0.352 e. The molecule has 42 heavy (non-hydrogen) atoms. The molecule has 0 fully saturated rings. The third kappa shape index (κ3) is 6.95. The number of hydrogen-bond donors (Lipinski definition) is 5. The first-order chi connectivity index (χ1) is 19.7. The van der Waals surface area contributed by atoms with Crippen molar-refractivity contribution in [3.8, 4) is 0 Å². The van der Waals surface area contributed by atoms with Gasteiger partial charge in [0.25, 0.3) is 20.2 Å². The van der Waals surface area contributed by atoms with Gasteiger partial charge in [0.05, 0.1) is 17.1 Å². The topological polar surface area (TPSA) is 242 Å². The lowest BCUT2D eigenvalue weighted by atomic mass is 10.2. The lowest BCUT2D eigenvalue weighted by Crippen LogP contribution is -2.11. The van der Waals surface area contributed by atoms with Crippen molar-refractivity contribution in [2.75, 3.05) is 16.0 Å². The van der Waals surface area contributed by atoms with E-state index >= 15 is 0 Å². The second-order valence-electron chi connectivity index (χ2n) is 8.29. The van der Waals surface area contributed by atoms with Crippen LogP contribution < -0.4 is 16.0 Å². The fourth-order valence-electron chi connectivity index (χ4n) is 3.47.